The maximum atomic E-state index is 11.1. The van der Waals surface area contributed by atoms with Crippen LogP contribution in [0.1, 0.15) is 26.4 Å². The van der Waals surface area contributed by atoms with E-state index in [4.69, 9.17) is 0 Å². The number of rotatable bonds is 4. The van der Waals surface area contributed by atoms with Gasteiger partial charge in [0.2, 0.25) is 5.88 Å². The van der Waals surface area contributed by atoms with Gasteiger partial charge in [-0.15, -0.1) is 0 Å². The minimum atomic E-state index is -1.25. The molecule has 27 heavy (non-hydrogen) atoms. The summed E-state index contributed by atoms with van der Waals surface area (Å²) in [5.74, 6) is -1.34. The lowest BCUT2D eigenvalue weighted by molar-refractivity contribution is -0.255. The quantitative estimate of drug-likeness (QED) is 0.726. The summed E-state index contributed by atoms with van der Waals surface area (Å²) in [6.45, 7) is 1.85. The number of thiazole rings is 1. The molecule has 3 aromatic rings. The smallest absolute Gasteiger partial charge is 0.231 e. The third-order valence-electron chi connectivity index (χ3n) is 4.19. The molecule has 2 N–H and O–H groups in total. The van der Waals surface area contributed by atoms with Crippen molar-refractivity contribution < 1.29 is 15.0 Å². The maximum absolute atomic E-state index is 11.1. The van der Waals surface area contributed by atoms with Gasteiger partial charge in [-0.2, -0.15) is 4.98 Å². The van der Waals surface area contributed by atoms with Crippen molar-refractivity contribution in [2.45, 2.75) is 6.92 Å². The van der Waals surface area contributed by atoms with Crippen LogP contribution in [0.5, 0.6) is 5.88 Å². The largest absolute Gasteiger partial charge is 0.545 e. The number of carbonyl (C=O) groups is 1. The van der Waals surface area contributed by atoms with Gasteiger partial charge in [0.25, 0.3) is 0 Å². The van der Waals surface area contributed by atoms with E-state index in [1.807, 2.05) is 37.3 Å². The van der Waals surface area contributed by atoms with E-state index in [2.05, 4.69) is 15.3 Å². The molecule has 0 aliphatic carbocycles. The molecule has 1 aromatic heterocycles. The number of fused-ring (bicyclic) bond motifs is 1. The number of aromatic nitrogens is 1. The van der Waals surface area contributed by atoms with Crippen LogP contribution in [0.25, 0.3) is 11.6 Å². The molecule has 0 saturated heterocycles. The first kappa shape index (κ1) is 17.0. The highest BCUT2D eigenvalue weighted by Gasteiger charge is 2.15. The molecule has 0 saturated carbocycles. The van der Waals surface area contributed by atoms with Crippen LogP contribution >= 0.6 is 11.3 Å². The minimum Gasteiger partial charge on any atom is -0.545 e. The predicted molar refractivity (Wildman–Crippen MR) is 105 cm³/mol. The SMILES string of the molecule is Cc1ccc(C(=O)[O-])cc1Nc1nc(O)c(/C=C2\C=Nc3ccccc32)s1. The van der Waals surface area contributed by atoms with Crippen molar-refractivity contribution in [2.75, 3.05) is 5.32 Å². The van der Waals surface area contributed by atoms with E-state index in [0.29, 0.717) is 15.7 Å². The lowest BCUT2D eigenvalue weighted by Crippen LogP contribution is -2.22. The fraction of sp³-hybridized carbons (Fsp3) is 0.0500. The zero-order valence-electron chi connectivity index (χ0n) is 14.3. The molecule has 0 radical (unpaired) electrons. The molecule has 0 spiro atoms. The summed E-state index contributed by atoms with van der Waals surface area (Å²) < 4.78 is 0. The molecule has 1 aliphatic heterocycles. The van der Waals surface area contributed by atoms with Gasteiger partial charge in [-0.3, -0.25) is 4.99 Å². The summed E-state index contributed by atoms with van der Waals surface area (Å²) in [5.41, 5.74) is 4.30. The number of allylic oxidation sites excluding steroid dienone is 1. The Morgan fingerprint density at radius 1 is 1.26 bits per heavy atom. The van der Waals surface area contributed by atoms with Gasteiger partial charge in [-0.1, -0.05) is 41.7 Å². The van der Waals surface area contributed by atoms with Crippen LogP contribution in [-0.4, -0.2) is 22.3 Å². The molecule has 0 unspecified atom stereocenters. The number of nitrogens with one attached hydrogen (secondary N) is 1. The number of aromatic hydroxyl groups is 1. The lowest BCUT2D eigenvalue weighted by Gasteiger charge is -2.09. The van der Waals surface area contributed by atoms with Crippen LogP contribution < -0.4 is 10.4 Å². The molecule has 4 rings (SSSR count). The fourth-order valence-corrected chi connectivity index (χ4v) is 3.59. The van der Waals surface area contributed by atoms with E-state index >= 15 is 0 Å². The molecular weight excluding hydrogens is 362 g/mol. The van der Waals surface area contributed by atoms with Crippen LogP contribution in [0, 0.1) is 6.92 Å². The van der Waals surface area contributed by atoms with Gasteiger partial charge >= 0.3 is 0 Å². The Labute approximate surface area is 159 Å². The fourth-order valence-electron chi connectivity index (χ4n) is 2.77. The van der Waals surface area contributed by atoms with Crippen LogP contribution in [0.3, 0.4) is 0 Å². The zero-order valence-corrected chi connectivity index (χ0v) is 15.1. The minimum absolute atomic E-state index is 0.0741. The van der Waals surface area contributed by atoms with Gasteiger partial charge < -0.3 is 20.3 Å². The highest BCUT2D eigenvalue weighted by atomic mass is 32.1. The number of hydrogen-bond acceptors (Lipinski definition) is 7. The Balaban J connectivity index is 1.64. The number of carboxylic acids is 1. The second-order valence-electron chi connectivity index (χ2n) is 6.02. The average Bonchev–Trinajstić information content (AvgIpc) is 3.21. The Bertz CT molecular complexity index is 1120. The van der Waals surface area contributed by atoms with Gasteiger partial charge in [-0.05, 0) is 36.3 Å². The summed E-state index contributed by atoms with van der Waals surface area (Å²) in [6, 6.07) is 12.4. The van der Waals surface area contributed by atoms with Crippen molar-refractivity contribution in [1.82, 2.24) is 4.98 Å². The van der Waals surface area contributed by atoms with Crippen LogP contribution in [0.2, 0.25) is 0 Å². The van der Waals surface area contributed by atoms with Gasteiger partial charge in [0.05, 0.1) is 16.5 Å². The number of hydrogen-bond donors (Lipinski definition) is 2. The molecule has 2 aromatic carbocycles. The molecule has 0 atom stereocenters. The van der Waals surface area contributed by atoms with Gasteiger partial charge in [-0.25, -0.2) is 0 Å². The molecular formula is C20H14N3O3S-. The van der Waals surface area contributed by atoms with E-state index in [-0.39, 0.29) is 11.4 Å². The zero-order chi connectivity index (χ0) is 19.0. The lowest BCUT2D eigenvalue weighted by atomic mass is 10.1. The summed E-state index contributed by atoms with van der Waals surface area (Å²) in [7, 11) is 0. The Morgan fingerprint density at radius 2 is 2.07 bits per heavy atom. The Kier molecular flexibility index (Phi) is 4.21. The van der Waals surface area contributed by atoms with E-state index in [1.54, 1.807) is 12.3 Å². The molecule has 7 heteroatoms. The first-order chi connectivity index (χ1) is 13.0. The molecule has 0 amide bonds. The van der Waals surface area contributed by atoms with Crippen molar-refractivity contribution >= 4 is 51.7 Å². The summed E-state index contributed by atoms with van der Waals surface area (Å²) in [5, 5.41) is 24.8. The van der Waals surface area contributed by atoms with E-state index in [1.165, 1.54) is 23.5 Å². The van der Waals surface area contributed by atoms with Gasteiger partial charge in [0, 0.05) is 23.0 Å². The standard InChI is InChI=1S/C20H15N3O3S/c1-11-6-7-12(19(25)26)8-16(11)22-20-23-18(24)17(27-20)9-13-10-21-15-5-3-2-4-14(13)15/h2-10,24H,1H3,(H,22,23)(H,25,26)/p-1/b13-9+. The predicted octanol–water partition coefficient (Wildman–Crippen LogP) is 3.52. The Morgan fingerprint density at radius 3 is 2.89 bits per heavy atom. The van der Waals surface area contributed by atoms with E-state index < -0.39 is 5.97 Å². The summed E-state index contributed by atoms with van der Waals surface area (Å²) in [6.07, 6.45) is 3.59. The first-order valence-corrected chi connectivity index (χ1v) is 8.97. The van der Waals surface area contributed by atoms with Crippen molar-refractivity contribution in [3.63, 3.8) is 0 Å². The summed E-state index contributed by atoms with van der Waals surface area (Å²) >= 11 is 1.27. The number of benzene rings is 2. The van der Waals surface area contributed by atoms with E-state index in [9.17, 15) is 15.0 Å². The number of anilines is 2. The number of para-hydroxylation sites is 1. The molecule has 2 heterocycles. The highest BCUT2D eigenvalue weighted by Crippen LogP contribution is 2.37. The van der Waals surface area contributed by atoms with Crippen molar-refractivity contribution in [3.05, 3.63) is 64.0 Å². The van der Waals surface area contributed by atoms with Crippen molar-refractivity contribution in [2.24, 2.45) is 4.99 Å². The number of aromatic carboxylic acids is 1. The number of nitrogens with zero attached hydrogens (tertiary/aromatic N) is 2. The van der Waals surface area contributed by atoms with Crippen LogP contribution in [-0.2, 0) is 0 Å². The van der Waals surface area contributed by atoms with Crippen LogP contribution in [0.4, 0.5) is 16.5 Å². The number of carboxylic acid groups (broad SMARTS) is 1. The van der Waals surface area contributed by atoms with Crippen molar-refractivity contribution in [3.8, 4) is 5.88 Å². The molecule has 134 valence electrons. The second kappa shape index (κ2) is 6.69. The van der Waals surface area contributed by atoms with Crippen LogP contribution in [0.15, 0.2) is 47.5 Å². The number of aryl methyl sites for hydroxylation is 1. The number of aliphatic imine (C=N–C) groups is 1. The number of carbonyl (C=O) groups excluding carboxylic acids is 1. The third kappa shape index (κ3) is 3.32. The van der Waals surface area contributed by atoms with Crippen molar-refractivity contribution in [1.29, 1.82) is 0 Å². The first-order valence-electron chi connectivity index (χ1n) is 8.15. The summed E-state index contributed by atoms with van der Waals surface area (Å²) in [4.78, 5) is 20.1. The third-order valence-corrected chi connectivity index (χ3v) is 5.10. The maximum Gasteiger partial charge on any atom is 0.231 e. The van der Waals surface area contributed by atoms with Gasteiger partial charge in [0.15, 0.2) is 5.13 Å². The highest BCUT2D eigenvalue weighted by molar-refractivity contribution is 7.16. The topological polar surface area (TPSA) is 97.6 Å². The van der Waals surface area contributed by atoms with Gasteiger partial charge in [0.1, 0.15) is 0 Å². The van der Waals surface area contributed by atoms with E-state index in [0.717, 1.165) is 22.4 Å². The monoisotopic (exact) mass is 376 g/mol. The molecule has 6 nitrogen and oxygen atoms in total. The normalized spacial score (nSPS) is 13.7. The average molecular weight is 376 g/mol. The molecule has 1 aliphatic rings. The second-order valence-corrected chi connectivity index (χ2v) is 7.05. The Hall–Kier alpha value is -3.45. The molecule has 0 bridgehead atoms. The molecule has 0 fully saturated rings.